The van der Waals surface area contributed by atoms with Gasteiger partial charge in [0.1, 0.15) is 5.69 Å². The number of rotatable bonds is 4. The molecule has 15 heavy (non-hydrogen) atoms. The SMILES string of the molecule is CCNCc1cc(-c2ccccn2)n[nH]1. The summed E-state index contributed by atoms with van der Waals surface area (Å²) in [5, 5.41) is 10.4. The molecule has 0 aromatic carbocycles. The Morgan fingerprint density at radius 3 is 3.00 bits per heavy atom. The number of hydrogen-bond donors (Lipinski definition) is 2. The molecule has 0 unspecified atom stereocenters. The highest BCUT2D eigenvalue weighted by Crippen LogP contribution is 2.13. The molecule has 0 bridgehead atoms. The number of aromatic nitrogens is 3. The molecule has 0 saturated carbocycles. The van der Waals surface area contributed by atoms with E-state index in [-0.39, 0.29) is 0 Å². The molecule has 0 radical (unpaired) electrons. The first-order valence-corrected chi connectivity index (χ1v) is 5.06. The van der Waals surface area contributed by atoms with Crippen molar-refractivity contribution in [2.24, 2.45) is 0 Å². The van der Waals surface area contributed by atoms with Gasteiger partial charge >= 0.3 is 0 Å². The number of aromatic amines is 1. The molecule has 0 aliphatic heterocycles. The Bertz CT molecular complexity index is 408. The number of nitrogens with one attached hydrogen (secondary N) is 2. The molecule has 2 heterocycles. The molecule has 0 aliphatic rings. The molecule has 0 aliphatic carbocycles. The van der Waals surface area contributed by atoms with Crippen molar-refractivity contribution < 1.29 is 0 Å². The second kappa shape index (κ2) is 4.70. The maximum absolute atomic E-state index is 4.24. The summed E-state index contributed by atoms with van der Waals surface area (Å²) in [4.78, 5) is 4.24. The fourth-order valence-corrected chi connectivity index (χ4v) is 1.36. The molecule has 0 amide bonds. The molecule has 4 heteroatoms. The summed E-state index contributed by atoms with van der Waals surface area (Å²) in [5.74, 6) is 0. The lowest BCUT2D eigenvalue weighted by atomic mass is 10.2. The fourth-order valence-electron chi connectivity index (χ4n) is 1.36. The first-order valence-electron chi connectivity index (χ1n) is 5.06. The molecule has 0 atom stereocenters. The van der Waals surface area contributed by atoms with E-state index in [9.17, 15) is 0 Å². The maximum Gasteiger partial charge on any atom is 0.111 e. The standard InChI is InChI=1S/C11H14N4/c1-2-12-8-9-7-11(15-14-9)10-5-3-4-6-13-10/h3-7,12H,2,8H2,1H3,(H,14,15). The van der Waals surface area contributed by atoms with E-state index in [4.69, 9.17) is 0 Å². The number of nitrogens with zero attached hydrogens (tertiary/aromatic N) is 2. The van der Waals surface area contributed by atoms with Crippen LogP contribution >= 0.6 is 0 Å². The van der Waals surface area contributed by atoms with Crippen molar-refractivity contribution in [3.05, 3.63) is 36.2 Å². The van der Waals surface area contributed by atoms with Crippen molar-refractivity contribution >= 4 is 0 Å². The Hall–Kier alpha value is -1.68. The van der Waals surface area contributed by atoms with E-state index in [1.807, 2.05) is 24.3 Å². The third-order valence-electron chi connectivity index (χ3n) is 2.12. The highest BCUT2D eigenvalue weighted by molar-refractivity contribution is 5.53. The number of H-pyrrole nitrogens is 1. The van der Waals surface area contributed by atoms with Crippen LogP contribution in [0.25, 0.3) is 11.4 Å². The Labute approximate surface area is 88.8 Å². The zero-order valence-electron chi connectivity index (χ0n) is 8.70. The van der Waals surface area contributed by atoms with Gasteiger partial charge in [-0.3, -0.25) is 10.1 Å². The summed E-state index contributed by atoms with van der Waals surface area (Å²) < 4.78 is 0. The summed E-state index contributed by atoms with van der Waals surface area (Å²) >= 11 is 0. The van der Waals surface area contributed by atoms with Gasteiger partial charge in [0.05, 0.1) is 5.69 Å². The molecule has 2 rings (SSSR count). The summed E-state index contributed by atoms with van der Waals surface area (Å²) in [7, 11) is 0. The molecule has 2 N–H and O–H groups in total. The van der Waals surface area contributed by atoms with Crippen LogP contribution in [-0.2, 0) is 6.54 Å². The molecule has 0 saturated heterocycles. The Morgan fingerprint density at radius 1 is 1.33 bits per heavy atom. The Balaban J connectivity index is 2.14. The molecule has 2 aromatic heterocycles. The smallest absolute Gasteiger partial charge is 0.111 e. The Kier molecular flexibility index (Phi) is 3.09. The van der Waals surface area contributed by atoms with Gasteiger partial charge in [0, 0.05) is 18.4 Å². The quantitative estimate of drug-likeness (QED) is 0.791. The van der Waals surface area contributed by atoms with Crippen molar-refractivity contribution in [2.45, 2.75) is 13.5 Å². The summed E-state index contributed by atoms with van der Waals surface area (Å²) in [6.07, 6.45) is 1.77. The van der Waals surface area contributed by atoms with Crippen LogP contribution in [0.5, 0.6) is 0 Å². The Morgan fingerprint density at radius 2 is 2.27 bits per heavy atom. The zero-order chi connectivity index (χ0) is 10.5. The van der Waals surface area contributed by atoms with E-state index in [2.05, 4.69) is 27.4 Å². The van der Waals surface area contributed by atoms with Crippen LogP contribution in [0.3, 0.4) is 0 Å². The first kappa shape index (κ1) is 9.86. The third-order valence-corrected chi connectivity index (χ3v) is 2.12. The van der Waals surface area contributed by atoms with Crippen LogP contribution in [0.4, 0.5) is 0 Å². The molecule has 0 spiro atoms. The van der Waals surface area contributed by atoms with Gasteiger partial charge < -0.3 is 5.32 Å². The summed E-state index contributed by atoms with van der Waals surface area (Å²) in [6, 6.07) is 7.83. The van der Waals surface area contributed by atoms with Crippen LogP contribution in [-0.4, -0.2) is 21.7 Å². The van der Waals surface area contributed by atoms with E-state index in [1.165, 1.54) is 0 Å². The van der Waals surface area contributed by atoms with Gasteiger partial charge in [-0.05, 0) is 24.7 Å². The lowest BCUT2D eigenvalue weighted by molar-refractivity contribution is 0.707. The maximum atomic E-state index is 4.24. The van der Waals surface area contributed by atoms with E-state index in [0.29, 0.717) is 0 Å². The molecular formula is C11H14N4. The average Bonchev–Trinajstić information content (AvgIpc) is 2.76. The topological polar surface area (TPSA) is 53.6 Å². The van der Waals surface area contributed by atoms with Crippen LogP contribution in [0.2, 0.25) is 0 Å². The van der Waals surface area contributed by atoms with Gasteiger partial charge in [0.15, 0.2) is 0 Å². The van der Waals surface area contributed by atoms with Crippen molar-refractivity contribution in [1.29, 1.82) is 0 Å². The van der Waals surface area contributed by atoms with E-state index in [0.717, 1.165) is 30.2 Å². The minimum Gasteiger partial charge on any atom is -0.311 e. The third kappa shape index (κ3) is 2.41. The minimum absolute atomic E-state index is 0.816. The fraction of sp³-hybridized carbons (Fsp3) is 0.273. The second-order valence-electron chi connectivity index (χ2n) is 3.27. The second-order valence-corrected chi connectivity index (χ2v) is 3.27. The monoisotopic (exact) mass is 202 g/mol. The highest BCUT2D eigenvalue weighted by Gasteiger charge is 2.03. The number of pyridine rings is 1. The lowest BCUT2D eigenvalue weighted by Gasteiger charge is -1.95. The van der Waals surface area contributed by atoms with Crippen LogP contribution in [0.15, 0.2) is 30.5 Å². The zero-order valence-corrected chi connectivity index (χ0v) is 8.70. The summed E-state index contributed by atoms with van der Waals surface area (Å²) in [6.45, 7) is 3.85. The van der Waals surface area contributed by atoms with Crippen molar-refractivity contribution in [3.63, 3.8) is 0 Å². The van der Waals surface area contributed by atoms with Crippen LogP contribution in [0, 0.1) is 0 Å². The predicted molar refractivity (Wildman–Crippen MR) is 59.2 cm³/mol. The predicted octanol–water partition coefficient (Wildman–Crippen LogP) is 1.58. The van der Waals surface area contributed by atoms with Gasteiger partial charge in [-0.1, -0.05) is 13.0 Å². The van der Waals surface area contributed by atoms with E-state index < -0.39 is 0 Å². The van der Waals surface area contributed by atoms with Gasteiger partial charge in [0.2, 0.25) is 0 Å². The molecule has 78 valence electrons. The highest BCUT2D eigenvalue weighted by atomic mass is 15.1. The number of hydrogen-bond acceptors (Lipinski definition) is 3. The molecular weight excluding hydrogens is 188 g/mol. The van der Waals surface area contributed by atoms with Gasteiger partial charge in [0.25, 0.3) is 0 Å². The van der Waals surface area contributed by atoms with Crippen LogP contribution in [0.1, 0.15) is 12.6 Å². The lowest BCUT2D eigenvalue weighted by Crippen LogP contribution is -2.11. The van der Waals surface area contributed by atoms with Gasteiger partial charge in [-0.2, -0.15) is 5.10 Å². The van der Waals surface area contributed by atoms with Crippen molar-refractivity contribution in [2.75, 3.05) is 6.54 Å². The van der Waals surface area contributed by atoms with Gasteiger partial charge in [-0.15, -0.1) is 0 Å². The normalized spacial score (nSPS) is 10.5. The van der Waals surface area contributed by atoms with Crippen LogP contribution < -0.4 is 5.32 Å². The van der Waals surface area contributed by atoms with Gasteiger partial charge in [-0.25, -0.2) is 0 Å². The van der Waals surface area contributed by atoms with E-state index >= 15 is 0 Å². The van der Waals surface area contributed by atoms with Crippen molar-refractivity contribution in [1.82, 2.24) is 20.5 Å². The molecule has 2 aromatic rings. The molecule has 4 nitrogen and oxygen atoms in total. The molecule has 0 fully saturated rings. The summed E-state index contributed by atoms with van der Waals surface area (Å²) in [5.41, 5.74) is 2.87. The van der Waals surface area contributed by atoms with E-state index in [1.54, 1.807) is 6.20 Å². The van der Waals surface area contributed by atoms with Crippen molar-refractivity contribution in [3.8, 4) is 11.4 Å². The minimum atomic E-state index is 0.816. The average molecular weight is 202 g/mol. The largest absolute Gasteiger partial charge is 0.311 e. The first-order chi connectivity index (χ1) is 7.40.